The minimum Gasteiger partial charge on any atom is -0.316 e. The lowest BCUT2D eigenvalue weighted by molar-refractivity contribution is 0.213. The Morgan fingerprint density at radius 2 is 2.25 bits per heavy atom. The van der Waals surface area contributed by atoms with Gasteiger partial charge in [-0.3, -0.25) is 9.89 Å². The molecule has 2 unspecified atom stereocenters. The molecule has 0 radical (unpaired) electrons. The number of rotatable bonds is 0. The molecule has 0 aromatic carbocycles. The number of nitrogens with zero attached hydrogens (tertiary/aromatic N) is 3. The standard InChI is InChI=1S/C13H16BrN5O/c1-7-6-15-5-4-13(7)3-2-8-9(13)10(20)19-12(16-8)17-11(14)18-19/h7,15H,2-6H2,1H3,(H,16,17,18). The highest BCUT2D eigenvalue weighted by Crippen LogP contribution is 2.45. The predicted octanol–water partition coefficient (Wildman–Crippen LogP) is 0.994. The van der Waals surface area contributed by atoms with Gasteiger partial charge in [0.1, 0.15) is 0 Å². The molecule has 4 rings (SSSR count). The summed E-state index contributed by atoms with van der Waals surface area (Å²) >= 11 is 3.27. The van der Waals surface area contributed by atoms with Crippen LogP contribution in [0.5, 0.6) is 0 Å². The molecule has 106 valence electrons. The topological polar surface area (TPSA) is 75.1 Å². The molecule has 1 spiro atoms. The number of hydrogen-bond donors (Lipinski definition) is 2. The highest BCUT2D eigenvalue weighted by Gasteiger charge is 2.47. The number of aryl methyl sites for hydroxylation is 1. The maximum absolute atomic E-state index is 12.9. The van der Waals surface area contributed by atoms with Crippen molar-refractivity contribution in [1.29, 1.82) is 0 Å². The van der Waals surface area contributed by atoms with Crippen LogP contribution >= 0.6 is 15.9 Å². The molecule has 0 saturated carbocycles. The second-order valence-electron chi connectivity index (χ2n) is 5.90. The lowest BCUT2D eigenvalue weighted by atomic mass is 9.68. The van der Waals surface area contributed by atoms with Gasteiger partial charge in [0, 0.05) is 11.0 Å². The summed E-state index contributed by atoms with van der Waals surface area (Å²) in [7, 11) is 0. The number of aromatic amines is 1. The van der Waals surface area contributed by atoms with Gasteiger partial charge < -0.3 is 5.32 Å². The molecule has 6 nitrogen and oxygen atoms in total. The molecule has 2 atom stereocenters. The van der Waals surface area contributed by atoms with E-state index in [1.54, 1.807) is 0 Å². The maximum Gasteiger partial charge on any atom is 0.278 e. The Balaban J connectivity index is 2.01. The molecule has 1 saturated heterocycles. The first kappa shape index (κ1) is 12.5. The third kappa shape index (κ3) is 1.50. The average Bonchev–Trinajstić information content (AvgIpc) is 2.96. The van der Waals surface area contributed by atoms with E-state index in [9.17, 15) is 4.79 Å². The molecule has 3 heterocycles. The van der Waals surface area contributed by atoms with E-state index in [1.807, 2.05) is 0 Å². The first-order valence-corrected chi connectivity index (χ1v) is 7.79. The van der Waals surface area contributed by atoms with Crippen molar-refractivity contribution >= 4 is 21.7 Å². The summed E-state index contributed by atoms with van der Waals surface area (Å²) in [6.07, 6.45) is 2.93. The molecule has 0 amide bonds. The number of H-pyrrole nitrogens is 1. The van der Waals surface area contributed by atoms with Gasteiger partial charge in [0.15, 0.2) is 4.73 Å². The minimum absolute atomic E-state index is 0.0105. The number of halogens is 1. The van der Waals surface area contributed by atoms with Crippen LogP contribution in [0.4, 0.5) is 0 Å². The Kier molecular flexibility index (Phi) is 2.59. The van der Waals surface area contributed by atoms with Crippen molar-refractivity contribution in [3.8, 4) is 0 Å². The summed E-state index contributed by atoms with van der Waals surface area (Å²) in [6, 6.07) is 0. The fourth-order valence-corrected chi connectivity index (χ4v) is 4.23. The number of nitrogens with one attached hydrogen (secondary N) is 2. The Morgan fingerprint density at radius 1 is 1.40 bits per heavy atom. The van der Waals surface area contributed by atoms with Gasteiger partial charge in [-0.05, 0) is 54.2 Å². The highest BCUT2D eigenvalue weighted by atomic mass is 79.9. The van der Waals surface area contributed by atoms with Crippen LogP contribution in [0.15, 0.2) is 9.53 Å². The molecule has 2 aliphatic rings. The van der Waals surface area contributed by atoms with Crippen LogP contribution in [0.1, 0.15) is 31.0 Å². The molecule has 2 aromatic rings. The summed E-state index contributed by atoms with van der Waals surface area (Å²) in [6.45, 7) is 4.17. The fraction of sp³-hybridized carbons (Fsp3) is 0.615. The van der Waals surface area contributed by atoms with Crippen LogP contribution < -0.4 is 10.9 Å². The van der Waals surface area contributed by atoms with Crippen molar-refractivity contribution in [2.75, 3.05) is 13.1 Å². The van der Waals surface area contributed by atoms with E-state index in [0.717, 1.165) is 43.6 Å². The molecular weight excluding hydrogens is 322 g/mol. The second-order valence-corrected chi connectivity index (χ2v) is 6.65. The first-order valence-electron chi connectivity index (χ1n) is 7.00. The van der Waals surface area contributed by atoms with Crippen LogP contribution in [-0.4, -0.2) is 32.7 Å². The molecule has 20 heavy (non-hydrogen) atoms. The molecule has 7 heteroatoms. The largest absolute Gasteiger partial charge is 0.316 e. The second kappa shape index (κ2) is 4.14. The third-order valence-corrected chi connectivity index (χ3v) is 5.34. The minimum atomic E-state index is -0.0105. The number of piperidine rings is 1. The van der Waals surface area contributed by atoms with E-state index in [-0.39, 0.29) is 11.0 Å². The van der Waals surface area contributed by atoms with E-state index in [4.69, 9.17) is 0 Å². The zero-order chi connectivity index (χ0) is 13.9. The molecule has 2 aromatic heterocycles. The zero-order valence-corrected chi connectivity index (χ0v) is 12.8. The van der Waals surface area contributed by atoms with E-state index in [1.165, 1.54) is 4.52 Å². The SMILES string of the molecule is CC1CNCCC12CCc1nc3nc(Br)[nH]n3c(=O)c12. The summed E-state index contributed by atoms with van der Waals surface area (Å²) < 4.78 is 2.00. The average molecular weight is 338 g/mol. The van der Waals surface area contributed by atoms with E-state index in [0.29, 0.717) is 16.4 Å². The first-order chi connectivity index (χ1) is 9.62. The number of aromatic nitrogens is 4. The summed E-state index contributed by atoms with van der Waals surface area (Å²) in [5.74, 6) is 0.913. The quantitative estimate of drug-likeness (QED) is 0.751. The smallest absolute Gasteiger partial charge is 0.278 e. The van der Waals surface area contributed by atoms with Crippen molar-refractivity contribution in [3.05, 3.63) is 26.3 Å². The molecule has 1 aliphatic heterocycles. The van der Waals surface area contributed by atoms with Crippen molar-refractivity contribution in [3.63, 3.8) is 0 Å². The van der Waals surface area contributed by atoms with E-state index < -0.39 is 0 Å². The van der Waals surface area contributed by atoms with E-state index >= 15 is 0 Å². The number of hydrogen-bond acceptors (Lipinski definition) is 4. The van der Waals surface area contributed by atoms with Crippen LogP contribution in [0, 0.1) is 5.92 Å². The monoisotopic (exact) mass is 337 g/mol. The van der Waals surface area contributed by atoms with Crippen LogP contribution in [0.25, 0.3) is 5.78 Å². The van der Waals surface area contributed by atoms with Crippen molar-refractivity contribution in [2.45, 2.75) is 31.6 Å². The lowest BCUT2D eigenvalue weighted by Crippen LogP contribution is -2.48. The van der Waals surface area contributed by atoms with Gasteiger partial charge in [0.05, 0.1) is 5.69 Å². The Morgan fingerprint density at radius 3 is 3.05 bits per heavy atom. The van der Waals surface area contributed by atoms with Crippen LogP contribution in [-0.2, 0) is 11.8 Å². The fourth-order valence-electron chi connectivity index (χ4n) is 3.90. The van der Waals surface area contributed by atoms with Crippen molar-refractivity contribution < 1.29 is 0 Å². The molecule has 1 aliphatic carbocycles. The summed E-state index contributed by atoms with van der Waals surface area (Å²) in [4.78, 5) is 21.7. The normalized spacial score (nSPS) is 29.2. The van der Waals surface area contributed by atoms with Gasteiger partial charge >= 0.3 is 0 Å². The van der Waals surface area contributed by atoms with Gasteiger partial charge in [-0.2, -0.15) is 9.50 Å². The summed E-state index contributed by atoms with van der Waals surface area (Å²) in [5, 5.41) is 6.35. The van der Waals surface area contributed by atoms with Gasteiger partial charge in [-0.25, -0.2) is 4.98 Å². The number of fused-ring (bicyclic) bond motifs is 3. The van der Waals surface area contributed by atoms with Gasteiger partial charge in [0.25, 0.3) is 11.3 Å². The van der Waals surface area contributed by atoms with Crippen LogP contribution in [0.3, 0.4) is 0 Å². The molecule has 1 fully saturated rings. The maximum atomic E-state index is 12.9. The Bertz CT molecular complexity index is 751. The Hall–Kier alpha value is -1.21. The molecule has 2 N–H and O–H groups in total. The van der Waals surface area contributed by atoms with Gasteiger partial charge in [-0.15, -0.1) is 0 Å². The highest BCUT2D eigenvalue weighted by molar-refractivity contribution is 9.10. The molecule has 0 bridgehead atoms. The summed E-state index contributed by atoms with van der Waals surface area (Å²) in [5.41, 5.74) is 1.88. The predicted molar refractivity (Wildman–Crippen MR) is 78.0 cm³/mol. The lowest BCUT2D eigenvalue weighted by Gasteiger charge is -2.40. The van der Waals surface area contributed by atoms with Crippen molar-refractivity contribution in [2.24, 2.45) is 5.92 Å². The van der Waals surface area contributed by atoms with Crippen LogP contribution in [0.2, 0.25) is 0 Å². The zero-order valence-electron chi connectivity index (χ0n) is 11.2. The van der Waals surface area contributed by atoms with Gasteiger partial charge in [-0.1, -0.05) is 6.92 Å². The molecular formula is C13H16BrN5O. The van der Waals surface area contributed by atoms with Gasteiger partial charge in [0.2, 0.25) is 0 Å². The Labute approximate surface area is 124 Å². The third-order valence-electron chi connectivity index (χ3n) is 4.99. The van der Waals surface area contributed by atoms with Crippen molar-refractivity contribution in [1.82, 2.24) is 24.9 Å². The van der Waals surface area contributed by atoms with E-state index in [2.05, 4.69) is 43.2 Å².